The molecule has 6 heterocycles. The first-order valence-electron chi connectivity index (χ1n) is 16.0. The van der Waals surface area contributed by atoms with Crippen LogP contribution in [0.5, 0.6) is 0 Å². The maximum atomic E-state index is 12.4. The van der Waals surface area contributed by atoms with E-state index in [0.717, 1.165) is 75.1 Å². The minimum Gasteiger partial charge on any atom is -0.444 e. The number of hydrogen-bond donors (Lipinski definition) is 1. The molecule has 0 radical (unpaired) electrons. The molecular weight excluding hydrogens is 711 g/mol. The predicted octanol–water partition coefficient (Wildman–Crippen LogP) is 5.81. The number of fused-ring (bicyclic) bond motifs is 2. The standard InChI is InChI=1S/C16H23ClN4O2.C11H20N2O2.C5H4BrClN2/c1-16(2,3)23-15(22)21-5-4-12-9-20(10-13(12)21)8-11-6-18-14(17)19-7-11;1-11(2,3)15-10(14)13-5-4-8-6-12-7-9(8)13;6-1-4-2-8-5(7)9-3-4/h6-7,12-13H,4-5,8-10H2,1-3H3;8-9,12H,4-7H2,1-3H3;2-3H,1H2/t12-,13+;8-,9+;/m00./s1. The molecule has 15 heteroatoms. The molecule has 0 saturated carbocycles. The van der Waals surface area contributed by atoms with E-state index in [-0.39, 0.29) is 29.1 Å². The number of ether oxygens (including phenoxy) is 2. The molecule has 6 rings (SSSR count). The second-order valence-corrected chi connectivity index (χ2v) is 15.5. The van der Waals surface area contributed by atoms with Crippen molar-refractivity contribution in [2.45, 2.75) is 89.5 Å². The van der Waals surface area contributed by atoms with Crippen molar-refractivity contribution in [1.29, 1.82) is 0 Å². The quantitative estimate of drug-likeness (QED) is 0.303. The summed E-state index contributed by atoms with van der Waals surface area (Å²) in [5.41, 5.74) is 1.23. The highest BCUT2D eigenvalue weighted by Crippen LogP contribution is 2.33. The van der Waals surface area contributed by atoms with Gasteiger partial charge in [-0.2, -0.15) is 0 Å². The summed E-state index contributed by atoms with van der Waals surface area (Å²) in [7, 11) is 0. The van der Waals surface area contributed by atoms with Gasteiger partial charge < -0.3 is 24.6 Å². The molecule has 1 N–H and O–H groups in total. The molecule has 2 aromatic rings. The summed E-state index contributed by atoms with van der Waals surface area (Å²) in [5.74, 6) is 1.16. The van der Waals surface area contributed by atoms with E-state index in [9.17, 15) is 9.59 Å². The number of hydrogen-bond acceptors (Lipinski definition) is 10. The van der Waals surface area contributed by atoms with Crippen LogP contribution in [0.25, 0.3) is 0 Å². The Morgan fingerprint density at radius 1 is 0.787 bits per heavy atom. The van der Waals surface area contributed by atoms with Crippen LogP contribution in [0.4, 0.5) is 9.59 Å². The molecule has 12 nitrogen and oxygen atoms in total. The summed E-state index contributed by atoms with van der Waals surface area (Å²) in [4.78, 5) is 46.0. The van der Waals surface area contributed by atoms with E-state index in [4.69, 9.17) is 32.7 Å². The van der Waals surface area contributed by atoms with Crippen LogP contribution in [0.3, 0.4) is 0 Å². The molecule has 0 aliphatic carbocycles. The Kier molecular flexibility index (Phi) is 13.1. The normalized spacial score (nSPS) is 23.7. The number of nitrogens with zero attached hydrogens (tertiary/aromatic N) is 7. The molecule has 4 fully saturated rings. The maximum absolute atomic E-state index is 12.4. The van der Waals surface area contributed by atoms with Gasteiger partial charge in [0.25, 0.3) is 0 Å². The fraction of sp³-hybridized carbons (Fsp3) is 0.688. The first-order chi connectivity index (χ1) is 22.1. The van der Waals surface area contributed by atoms with Crippen LogP contribution in [-0.4, -0.2) is 109 Å². The lowest BCUT2D eigenvalue weighted by Gasteiger charge is -2.28. The largest absolute Gasteiger partial charge is 0.444 e. The zero-order chi connectivity index (χ0) is 34.4. The van der Waals surface area contributed by atoms with E-state index < -0.39 is 5.60 Å². The van der Waals surface area contributed by atoms with Crippen LogP contribution in [0.15, 0.2) is 24.8 Å². The molecule has 0 unspecified atom stereocenters. The average Bonchev–Trinajstić information content (AvgIpc) is 3.76. The molecule has 4 aliphatic rings. The molecule has 4 atom stereocenters. The lowest BCUT2D eigenvalue weighted by Crippen LogP contribution is -2.42. The SMILES string of the molecule is CC(C)(C)OC(=O)N1CC[C@H]2CN(Cc3cnc(Cl)nc3)C[C@H]21.CC(C)(C)OC(=O)N1CC[C@H]2CNC[C@H]21.Clc1ncc(CBr)cn1. The average molecular weight is 759 g/mol. The minimum absolute atomic E-state index is 0.154. The van der Waals surface area contributed by atoms with E-state index in [0.29, 0.717) is 23.2 Å². The van der Waals surface area contributed by atoms with E-state index in [2.05, 4.69) is 46.1 Å². The lowest BCUT2D eigenvalue weighted by molar-refractivity contribution is 0.0210. The maximum Gasteiger partial charge on any atom is 0.410 e. The first kappa shape index (κ1) is 37.5. The number of nitrogens with one attached hydrogen (secondary N) is 1. The second kappa shape index (κ2) is 16.4. The third-order valence-electron chi connectivity index (χ3n) is 8.23. The fourth-order valence-corrected chi connectivity index (χ4v) is 6.69. The number of amides is 2. The Morgan fingerprint density at radius 3 is 1.79 bits per heavy atom. The molecule has 47 heavy (non-hydrogen) atoms. The Balaban J connectivity index is 0.000000178. The predicted molar refractivity (Wildman–Crippen MR) is 185 cm³/mol. The Labute approximate surface area is 296 Å². The van der Waals surface area contributed by atoms with E-state index in [1.807, 2.05) is 51.3 Å². The summed E-state index contributed by atoms with van der Waals surface area (Å²) in [6.45, 7) is 17.7. The van der Waals surface area contributed by atoms with Gasteiger partial charge in [0.05, 0.1) is 12.1 Å². The smallest absolute Gasteiger partial charge is 0.410 e. The number of carbonyl (C=O) groups excluding carboxylic acids is 2. The first-order valence-corrected chi connectivity index (χ1v) is 17.9. The second-order valence-electron chi connectivity index (χ2n) is 14.3. The number of likely N-dealkylation sites (tertiary alicyclic amines) is 3. The van der Waals surface area contributed by atoms with Crippen molar-refractivity contribution in [1.82, 2.24) is 40.0 Å². The highest BCUT2D eigenvalue weighted by atomic mass is 79.9. The number of aromatic nitrogens is 4. The lowest BCUT2D eigenvalue weighted by atomic mass is 10.1. The molecule has 2 aromatic heterocycles. The van der Waals surface area contributed by atoms with Gasteiger partial charge in [0, 0.05) is 81.5 Å². The summed E-state index contributed by atoms with van der Waals surface area (Å²) in [6.07, 6.45) is 8.69. The Bertz CT molecular complexity index is 1330. The van der Waals surface area contributed by atoms with Crippen molar-refractivity contribution < 1.29 is 19.1 Å². The van der Waals surface area contributed by atoms with E-state index >= 15 is 0 Å². The van der Waals surface area contributed by atoms with Gasteiger partial charge in [-0.25, -0.2) is 29.5 Å². The molecule has 0 bridgehead atoms. The van der Waals surface area contributed by atoms with Crippen molar-refractivity contribution in [3.05, 3.63) is 46.5 Å². The number of rotatable bonds is 3. The van der Waals surface area contributed by atoms with Crippen LogP contribution in [0, 0.1) is 11.8 Å². The summed E-state index contributed by atoms with van der Waals surface area (Å²) in [6, 6.07) is 0.609. The Hall–Kier alpha value is -2.32. The van der Waals surface area contributed by atoms with Gasteiger partial charge in [-0.1, -0.05) is 15.9 Å². The minimum atomic E-state index is -0.450. The van der Waals surface area contributed by atoms with Crippen molar-refractivity contribution in [3.8, 4) is 0 Å². The van der Waals surface area contributed by atoms with Gasteiger partial charge >= 0.3 is 12.2 Å². The molecule has 260 valence electrons. The summed E-state index contributed by atoms with van der Waals surface area (Å²) in [5, 5.41) is 4.65. The van der Waals surface area contributed by atoms with Crippen molar-refractivity contribution >= 4 is 51.3 Å². The Morgan fingerprint density at radius 2 is 1.28 bits per heavy atom. The van der Waals surface area contributed by atoms with Gasteiger partial charge in [-0.15, -0.1) is 0 Å². The third-order valence-corrected chi connectivity index (χ3v) is 9.27. The van der Waals surface area contributed by atoms with Crippen LogP contribution >= 0.6 is 39.1 Å². The topological polar surface area (TPSA) is 126 Å². The van der Waals surface area contributed by atoms with Crippen LogP contribution in [0.1, 0.15) is 65.5 Å². The van der Waals surface area contributed by atoms with E-state index in [1.165, 1.54) is 0 Å². The third kappa shape index (κ3) is 11.4. The molecule has 4 aliphatic heterocycles. The number of carbonyl (C=O) groups is 2. The molecular formula is C32H47BrCl2N8O4. The van der Waals surface area contributed by atoms with Crippen molar-refractivity contribution in [3.63, 3.8) is 0 Å². The molecule has 0 spiro atoms. The fourth-order valence-electron chi connectivity index (χ4n) is 6.21. The molecule has 2 amide bonds. The van der Waals surface area contributed by atoms with Crippen LogP contribution < -0.4 is 5.32 Å². The molecule has 4 saturated heterocycles. The monoisotopic (exact) mass is 756 g/mol. The van der Waals surface area contributed by atoms with Gasteiger partial charge in [0.1, 0.15) is 11.2 Å². The van der Waals surface area contributed by atoms with Crippen LogP contribution in [0.2, 0.25) is 10.6 Å². The summed E-state index contributed by atoms with van der Waals surface area (Å²) < 4.78 is 10.9. The van der Waals surface area contributed by atoms with Gasteiger partial charge in [0.15, 0.2) is 0 Å². The zero-order valence-corrected chi connectivity index (χ0v) is 31.2. The van der Waals surface area contributed by atoms with Crippen molar-refractivity contribution in [2.24, 2.45) is 11.8 Å². The highest BCUT2D eigenvalue weighted by Gasteiger charge is 2.44. The van der Waals surface area contributed by atoms with E-state index in [1.54, 1.807) is 24.8 Å². The van der Waals surface area contributed by atoms with Gasteiger partial charge in [-0.05, 0) is 95.0 Å². The molecule has 0 aromatic carbocycles. The highest BCUT2D eigenvalue weighted by molar-refractivity contribution is 9.08. The van der Waals surface area contributed by atoms with Gasteiger partial charge in [-0.3, -0.25) is 4.90 Å². The zero-order valence-electron chi connectivity index (χ0n) is 28.1. The summed E-state index contributed by atoms with van der Waals surface area (Å²) >= 11 is 14.4. The number of halogens is 3. The number of alkyl halides is 1. The van der Waals surface area contributed by atoms with Crippen LogP contribution in [-0.2, 0) is 21.3 Å². The van der Waals surface area contributed by atoms with Crippen molar-refractivity contribution in [2.75, 3.05) is 39.3 Å². The van der Waals surface area contributed by atoms with Gasteiger partial charge in [0.2, 0.25) is 10.6 Å².